The van der Waals surface area contributed by atoms with Crippen molar-refractivity contribution in [2.45, 2.75) is 18.8 Å². The molecule has 0 radical (unpaired) electrons. The number of aliphatic hydroxyl groups is 1. The molecule has 0 saturated heterocycles. The molecule has 16 heavy (non-hydrogen) atoms. The minimum absolute atomic E-state index is 0.00583. The Balaban J connectivity index is 1.87. The Morgan fingerprint density at radius 2 is 2.25 bits per heavy atom. The van der Waals surface area contributed by atoms with Crippen molar-refractivity contribution in [1.29, 1.82) is 0 Å². The normalized spacial score (nSPS) is 17.4. The number of halogens is 1. The summed E-state index contributed by atoms with van der Waals surface area (Å²) in [7, 11) is 0. The highest BCUT2D eigenvalue weighted by atomic mass is 19.1. The molecule has 0 heterocycles. The maximum atomic E-state index is 13.0. The molecule has 0 amide bonds. The van der Waals surface area contributed by atoms with Crippen LogP contribution in [0.1, 0.15) is 24.3 Å². The Hall–Kier alpha value is -0.930. The van der Waals surface area contributed by atoms with Gasteiger partial charge < -0.3 is 9.84 Å². The van der Waals surface area contributed by atoms with E-state index in [0.717, 1.165) is 12.2 Å². The number of hydrogen-bond donors (Lipinski definition) is 1. The van der Waals surface area contributed by atoms with Gasteiger partial charge in [0.15, 0.2) is 0 Å². The van der Waals surface area contributed by atoms with Crippen molar-refractivity contribution in [2.24, 2.45) is 5.92 Å². The number of hydrogen-bond acceptors (Lipinski definition) is 2. The van der Waals surface area contributed by atoms with Crippen molar-refractivity contribution < 1.29 is 14.2 Å². The van der Waals surface area contributed by atoms with Crippen LogP contribution in [-0.2, 0) is 4.74 Å². The van der Waals surface area contributed by atoms with Crippen LogP contribution in [0.5, 0.6) is 0 Å². The molecule has 1 unspecified atom stereocenters. The first-order chi connectivity index (χ1) is 7.79. The van der Waals surface area contributed by atoms with Crippen LogP contribution in [0.3, 0.4) is 0 Å². The van der Waals surface area contributed by atoms with Crippen LogP contribution in [0, 0.1) is 11.7 Å². The Morgan fingerprint density at radius 1 is 1.44 bits per heavy atom. The molecule has 88 valence electrons. The fourth-order valence-electron chi connectivity index (χ4n) is 1.68. The second-order valence-corrected chi connectivity index (χ2v) is 4.42. The first-order valence-electron chi connectivity index (χ1n) is 5.73. The Bertz CT molecular complexity index is 336. The van der Waals surface area contributed by atoms with Gasteiger partial charge in [0.05, 0.1) is 13.2 Å². The monoisotopic (exact) mass is 224 g/mol. The van der Waals surface area contributed by atoms with Gasteiger partial charge in [-0.1, -0.05) is 12.1 Å². The summed E-state index contributed by atoms with van der Waals surface area (Å²) in [4.78, 5) is 0. The number of ether oxygens (including phenoxy) is 1. The SMILES string of the molecule is OCC(COCC1CC1)c1cccc(F)c1. The van der Waals surface area contributed by atoms with E-state index in [2.05, 4.69) is 0 Å². The predicted molar refractivity (Wildman–Crippen MR) is 59.8 cm³/mol. The zero-order valence-corrected chi connectivity index (χ0v) is 9.23. The molecule has 1 aromatic rings. The Kier molecular flexibility index (Phi) is 3.91. The lowest BCUT2D eigenvalue weighted by atomic mass is 10.0. The van der Waals surface area contributed by atoms with Gasteiger partial charge in [-0.3, -0.25) is 0 Å². The predicted octanol–water partition coefficient (Wildman–Crippen LogP) is 2.33. The van der Waals surface area contributed by atoms with E-state index < -0.39 is 0 Å². The number of rotatable bonds is 6. The first kappa shape index (κ1) is 11.6. The van der Waals surface area contributed by atoms with Crippen LogP contribution in [0.15, 0.2) is 24.3 Å². The average Bonchev–Trinajstić information content (AvgIpc) is 3.08. The molecule has 1 saturated carbocycles. The molecular formula is C13H17FO2. The van der Waals surface area contributed by atoms with E-state index in [4.69, 9.17) is 4.74 Å². The lowest BCUT2D eigenvalue weighted by molar-refractivity contribution is 0.0920. The number of aliphatic hydroxyl groups excluding tert-OH is 1. The molecule has 1 aliphatic carbocycles. The van der Waals surface area contributed by atoms with Gasteiger partial charge in [-0.25, -0.2) is 4.39 Å². The molecule has 1 atom stereocenters. The minimum Gasteiger partial charge on any atom is -0.396 e. The van der Waals surface area contributed by atoms with Gasteiger partial charge in [-0.2, -0.15) is 0 Å². The molecule has 1 N–H and O–H groups in total. The van der Waals surface area contributed by atoms with Crippen LogP contribution in [0.25, 0.3) is 0 Å². The summed E-state index contributed by atoms with van der Waals surface area (Å²) in [5.74, 6) is 0.333. The lowest BCUT2D eigenvalue weighted by Crippen LogP contribution is -2.13. The van der Waals surface area contributed by atoms with Gasteiger partial charge in [0.1, 0.15) is 5.82 Å². The van der Waals surface area contributed by atoms with E-state index >= 15 is 0 Å². The molecule has 0 aromatic heterocycles. The van der Waals surface area contributed by atoms with Crippen LogP contribution in [0.4, 0.5) is 4.39 Å². The van der Waals surface area contributed by atoms with E-state index in [-0.39, 0.29) is 18.3 Å². The van der Waals surface area contributed by atoms with Crippen molar-refractivity contribution in [1.82, 2.24) is 0 Å². The molecule has 0 bridgehead atoms. The average molecular weight is 224 g/mol. The molecule has 1 fully saturated rings. The zero-order valence-electron chi connectivity index (χ0n) is 9.23. The summed E-state index contributed by atoms with van der Waals surface area (Å²) in [5, 5.41) is 9.25. The third kappa shape index (κ3) is 3.29. The van der Waals surface area contributed by atoms with Crippen molar-refractivity contribution in [3.63, 3.8) is 0 Å². The van der Waals surface area contributed by atoms with Gasteiger partial charge in [0.2, 0.25) is 0 Å². The van der Waals surface area contributed by atoms with Crippen molar-refractivity contribution >= 4 is 0 Å². The van der Waals surface area contributed by atoms with E-state index in [1.807, 2.05) is 6.07 Å². The molecule has 1 aromatic carbocycles. The van der Waals surface area contributed by atoms with Crippen molar-refractivity contribution in [2.75, 3.05) is 19.8 Å². The highest BCUT2D eigenvalue weighted by Gasteiger charge is 2.22. The van der Waals surface area contributed by atoms with E-state index in [1.54, 1.807) is 6.07 Å². The van der Waals surface area contributed by atoms with Gasteiger partial charge in [-0.15, -0.1) is 0 Å². The quantitative estimate of drug-likeness (QED) is 0.803. The largest absolute Gasteiger partial charge is 0.396 e. The Morgan fingerprint density at radius 3 is 2.88 bits per heavy atom. The molecule has 2 nitrogen and oxygen atoms in total. The summed E-state index contributed by atoms with van der Waals surface area (Å²) >= 11 is 0. The summed E-state index contributed by atoms with van der Waals surface area (Å²) in [5.41, 5.74) is 0.804. The Labute approximate surface area is 95.1 Å². The summed E-state index contributed by atoms with van der Waals surface area (Å²) in [6.07, 6.45) is 2.51. The van der Waals surface area contributed by atoms with Crippen LogP contribution >= 0.6 is 0 Å². The van der Waals surface area contributed by atoms with E-state index in [9.17, 15) is 9.50 Å². The topological polar surface area (TPSA) is 29.5 Å². The summed E-state index contributed by atoms with van der Waals surface area (Å²) in [6, 6.07) is 6.35. The van der Waals surface area contributed by atoms with Crippen LogP contribution in [-0.4, -0.2) is 24.9 Å². The highest BCUT2D eigenvalue weighted by molar-refractivity contribution is 5.20. The summed E-state index contributed by atoms with van der Waals surface area (Å²) < 4.78 is 18.5. The molecule has 0 spiro atoms. The molecular weight excluding hydrogens is 207 g/mol. The highest BCUT2D eigenvalue weighted by Crippen LogP contribution is 2.29. The first-order valence-corrected chi connectivity index (χ1v) is 5.73. The molecule has 0 aliphatic heterocycles. The maximum Gasteiger partial charge on any atom is 0.123 e. The smallest absolute Gasteiger partial charge is 0.123 e. The second-order valence-electron chi connectivity index (χ2n) is 4.42. The van der Waals surface area contributed by atoms with Crippen LogP contribution in [0.2, 0.25) is 0 Å². The standard InChI is InChI=1S/C13H17FO2/c14-13-3-1-2-11(6-13)12(7-15)9-16-8-10-4-5-10/h1-3,6,10,12,15H,4-5,7-9H2. The molecule has 2 rings (SSSR count). The van der Waals surface area contributed by atoms with Crippen molar-refractivity contribution in [3.05, 3.63) is 35.6 Å². The third-order valence-electron chi connectivity index (χ3n) is 2.91. The van der Waals surface area contributed by atoms with Gasteiger partial charge in [-0.05, 0) is 36.5 Å². The summed E-state index contributed by atoms with van der Waals surface area (Å²) in [6.45, 7) is 1.23. The molecule has 1 aliphatic rings. The van der Waals surface area contributed by atoms with E-state index in [0.29, 0.717) is 12.5 Å². The second kappa shape index (κ2) is 5.41. The van der Waals surface area contributed by atoms with Gasteiger partial charge in [0, 0.05) is 12.5 Å². The van der Waals surface area contributed by atoms with E-state index in [1.165, 1.54) is 25.0 Å². The molecule has 3 heteroatoms. The minimum atomic E-state index is -0.266. The lowest BCUT2D eigenvalue weighted by Gasteiger charge is -2.14. The third-order valence-corrected chi connectivity index (χ3v) is 2.91. The fourth-order valence-corrected chi connectivity index (χ4v) is 1.68. The van der Waals surface area contributed by atoms with Gasteiger partial charge in [0.25, 0.3) is 0 Å². The van der Waals surface area contributed by atoms with Crippen LogP contribution < -0.4 is 0 Å². The van der Waals surface area contributed by atoms with Crippen molar-refractivity contribution in [3.8, 4) is 0 Å². The fraction of sp³-hybridized carbons (Fsp3) is 0.538. The maximum absolute atomic E-state index is 13.0. The zero-order chi connectivity index (χ0) is 11.4. The van der Waals surface area contributed by atoms with Gasteiger partial charge >= 0.3 is 0 Å². The number of benzene rings is 1.